The Hall–Kier alpha value is -1.18. The largest absolute Gasteiger partial charge is 0.461 e. The summed E-state index contributed by atoms with van der Waals surface area (Å²) >= 11 is 24.9. The van der Waals surface area contributed by atoms with Crippen LogP contribution in [0, 0.1) is 0 Å². The van der Waals surface area contributed by atoms with E-state index < -0.39 is 34.7 Å². The van der Waals surface area contributed by atoms with Gasteiger partial charge in [0.15, 0.2) is 0 Å². The summed E-state index contributed by atoms with van der Waals surface area (Å²) in [6.07, 6.45) is -2.55. The molecule has 0 bridgehead atoms. The molecule has 2 aromatic rings. The van der Waals surface area contributed by atoms with Crippen molar-refractivity contribution in [3.63, 3.8) is 0 Å². The number of esters is 2. The Morgan fingerprint density at radius 3 is 2.03 bits per heavy atom. The number of carbonyl (C=O) groups excluding carboxylic acids is 2. The van der Waals surface area contributed by atoms with Crippen LogP contribution in [-0.2, 0) is 9.47 Å². The Labute approximate surface area is 196 Å². The van der Waals surface area contributed by atoms with Gasteiger partial charge in [0.1, 0.15) is 18.9 Å². The van der Waals surface area contributed by atoms with E-state index in [0.29, 0.717) is 10.0 Å². The van der Waals surface area contributed by atoms with Crippen molar-refractivity contribution in [3.8, 4) is 0 Å². The molecule has 2 aromatic carbocycles. The molecule has 0 aliphatic carbocycles. The number of hydrogen-bond donors (Lipinski definition) is 0. The van der Waals surface area contributed by atoms with Crippen LogP contribution in [0.3, 0.4) is 0 Å². The van der Waals surface area contributed by atoms with E-state index in [4.69, 9.17) is 55.9 Å². The maximum absolute atomic E-state index is 14.7. The molecule has 0 unspecified atom stereocenters. The Morgan fingerprint density at radius 1 is 0.967 bits per heavy atom. The normalized spacial score (nSPS) is 23.3. The van der Waals surface area contributed by atoms with Gasteiger partial charge in [-0.05, 0) is 36.4 Å². The van der Waals surface area contributed by atoms with Gasteiger partial charge in [0, 0.05) is 15.3 Å². The molecular formula is C20H15Cl4FO4S. The Morgan fingerprint density at radius 2 is 1.50 bits per heavy atom. The summed E-state index contributed by atoms with van der Waals surface area (Å²) in [6.45, 7) is 1.50. The van der Waals surface area contributed by atoms with E-state index in [0.717, 1.165) is 0 Å². The number of rotatable bonds is 5. The number of benzene rings is 2. The molecule has 1 aliphatic rings. The monoisotopic (exact) mass is 510 g/mol. The summed E-state index contributed by atoms with van der Waals surface area (Å²) in [5, 5.41) is -0.0718. The molecule has 30 heavy (non-hydrogen) atoms. The number of thioether (sulfide) groups is 1. The van der Waals surface area contributed by atoms with Gasteiger partial charge in [-0.25, -0.2) is 14.0 Å². The van der Waals surface area contributed by atoms with Crippen LogP contribution in [0.4, 0.5) is 4.39 Å². The van der Waals surface area contributed by atoms with Crippen LogP contribution in [0.25, 0.3) is 0 Å². The highest BCUT2D eigenvalue weighted by Crippen LogP contribution is 2.39. The van der Waals surface area contributed by atoms with Crippen molar-refractivity contribution >= 4 is 70.1 Å². The average Bonchev–Trinajstić information content (AvgIpc) is 2.93. The lowest BCUT2D eigenvalue weighted by molar-refractivity contribution is 0.00211. The molecule has 0 radical (unpaired) electrons. The summed E-state index contributed by atoms with van der Waals surface area (Å²) in [7, 11) is 0. The number of ether oxygens (including phenoxy) is 2. The van der Waals surface area contributed by atoms with Crippen LogP contribution < -0.4 is 0 Å². The van der Waals surface area contributed by atoms with Gasteiger partial charge in [-0.2, -0.15) is 0 Å². The zero-order chi connectivity index (χ0) is 22.0. The third-order valence-electron chi connectivity index (χ3n) is 4.44. The van der Waals surface area contributed by atoms with Gasteiger partial charge in [-0.3, -0.25) is 0 Å². The molecule has 3 rings (SSSR count). The molecule has 4 atom stereocenters. The van der Waals surface area contributed by atoms with E-state index in [1.54, 1.807) is 6.92 Å². The predicted molar refractivity (Wildman–Crippen MR) is 118 cm³/mol. The van der Waals surface area contributed by atoms with Crippen LogP contribution in [0.15, 0.2) is 36.4 Å². The van der Waals surface area contributed by atoms with Crippen molar-refractivity contribution in [2.45, 2.75) is 29.7 Å². The van der Waals surface area contributed by atoms with E-state index >= 15 is 0 Å². The number of halogens is 5. The van der Waals surface area contributed by atoms with Gasteiger partial charge in [0.25, 0.3) is 0 Å². The molecule has 1 heterocycles. The fourth-order valence-corrected chi connectivity index (χ4v) is 5.24. The maximum Gasteiger partial charge on any atom is 0.340 e. The summed E-state index contributed by atoms with van der Waals surface area (Å²) in [5.74, 6) is -1.46. The third kappa shape index (κ3) is 5.35. The zero-order valence-electron chi connectivity index (χ0n) is 15.4. The van der Waals surface area contributed by atoms with Crippen molar-refractivity contribution in [1.82, 2.24) is 0 Å². The number of carbonyl (C=O) groups is 2. The minimum Gasteiger partial charge on any atom is -0.461 e. The fourth-order valence-electron chi connectivity index (χ4n) is 2.91. The van der Waals surface area contributed by atoms with Crippen molar-refractivity contribution in [2.24, 2.45) is 0 Å². The van der Waals surface area contributed by atoms with E-state index in [1.807, 2.05) is 0 Å². The van der Waals surface area contributed by atoms with Gasteiger partial charge in [-0.15, -0.1) is 11.8 Å². The molecule has 0 aromatic heterocycles. The van der Waals surface area contributed by atoms with Crippen LogP contribution in [-0.4, -0.2) is 41.3 Å². The van der Waals surface area contributed by atoms with Crippen molar-refractivity contribution in [1.29, 1.82) is 0 Å². The van der Waals surface area contributed by atoms with E-state index in [2.05, 4.69) is 0 Å². The second kappa shape index (κ2) is 9.96. The molecule has 0 saturated carbocycles. The summed E-state index contributed by atoms with van der Waals surface area (Å²) in [4.78, 5) is 24.8. The Balaban J connectivity index is 1.69. The first kappa shape index (κ1) is 23.5. The first-order valence-electron chi connectivity index (χ1n) is 8.75. The van der Waals surface area contributed by atoms with E-state index in [-0.39, 0.29) is 27.8 Å². The molecule has 0 spiro atoms. The molecule has 1 fully saturated rings. The van der Waals surface area contributed by atoms with Crippen molar-refractivity contribution in [3.05, 3.63) is 67.6 Å². The molecule has 0 amide bonds. The lowest BCUT2D eigenvalue weighted by atomic mass is 10.1. The highest BCUT2D eigenvalue weighted by molar-refractivity contribution is 8.00. The van der Waals surface area contributed by atoms with Gasteiger partial charge >= 0.3 is 11.9 Å². The summed E-state index contributed by atoms with van der Waals surface area (Å²) in [6, 6.07) is 8.66. The first-order chi connectivity index (χ1) is 14.2. The second-order valence-corrected chi connectivity index (χ2v) is 9.85. The second-order valence-electron chi connectivity index (χ2n) is 6.54. The molecule has 10 heteroatoms. The molecule has 1 aliphatic heterocycles. The highest BCUT2D eigenvalue weighted by atomic mass is 35.5. The van der Waals surface area contributed by atoms with Gasteiger partial charge in [0.05, 0.1) is 26.4 Å². The number of alkyl halides is 1. The predicted octanol–water partition coefficient (Wildman–Crippen LogP) is 6.52. The van der Waals surface area contributed by atoms with Crippen molar-refractivity contribution in [2.75, 3.05) is 6.61 Å². The van der Waals surface area contributed by atoms with Crippen LogP contribution >= 0.6 is 58.2 Å². The summed E-state index contributed by atoms with van der Waals surface area (Å²) < 4.78 is 25.4. The average molecular weight is 512 g/mol. The topological polar surface area (TPSA) is 52.6 Å². The summed E-state index contributed by atoms with van der Waals surface area (Å²) in [5.41, 5.74) is 0.205. The molecule has 1 saturated heterocycles. The Kier molecular flexibility index (Phi) is 7.80. The van der Waals surface area contributed by atoms with Crippen LogP contribution in [0.2, 0.25) is 20.1 Å². The fraction of sp³-hybridized carbons (Fsp3) is 0.300. The van der Waals surface area contributed by atoms with Crippen molar-refractivity contribution < 1.29 is 23.5 Å². The van der Waals surface area contributed by atoms with Gasteiger partial charge < -0.3 is 9.47 Å². The maximum atomic E-state index is 14.7. The highest BCUT2D eigenvalue weighted by Gasteiger charge is 2.46. The van der Waals surface area contributed by atoms with Gasteiger partial charge in [-0.1, -0.05) is 53.3 Å². The minimum absolute atomic E-state index is 0.0708. The SMILES string of the molecule is C[C@@H]1S[C@H](COC(=O)c2ccc(Cl)cc2Cl)[C@@H](OC(=O)c2ccc(Cl)cc2Cl)[C@@H]1F. The first-order valence-corrected chi connectivity index (χ1v) is 11.2. The third-order valence-corrected chi connectivity index (χ3v) is 6.98. The van der Waals surface area contributed by atoms with Crippen LogP contribution in [0.1, 0.15) is 27.6 Å². The molecular weight excluding hydrogens is 497 g/mol. The lowest BCUT2D eigenvalue weighted by Gasteiger charge is -2.21. The van der Waals surface area contributed by atoms with Crippen LogP contribution in [0.5, 0.6) is 0 Å². The van der Waals surface area contributed by atoms with Gasteiger partial charge in [0.2, 0.25) is 0 Å². The number of hydrogen-bond acceptors (Lipinski definition) is 5. The lowest BCUT2D eigenvalue weighted by Crippen LogP contribution is -2.36. The van der Waals surface area contributed by atoms with E-state index in [9.17, 15) is 14.0 Å². The quantitative estimate of drug-likeness (QED) is 0.427. The molecule has 0 N–H and O–H groups in total. The minimum atomic E-state index is -1.44. The molecule has 4 nitrogen and oxygen atoms in total. The Bertz CT molecular complexity index is 974. The zero-order valence-corrected chi connectivity index (χ0v) is 19.3. The standard InChI is InChI=1S/C20H15Cl4FO4S/c1-9-17(25)18(29-20(27)13-5-3-11(22)7-15(13)24)16(30-9)8-28-19(26)12-4-2-10(21)6-14(12)23/h2-7,9,16-18H,8H2,1H3/t9-,16+,17+,18+/m0/s1. The van der Waals surface area contributed by atoms with E-state index in [1.165, 1.54) is 48.2 Å². The smallest absolute Gasteiger partial charge is 0.340 e. The molecule has 160 valence electrons.